The fourth-order valence-electron chi connectivity index (χ4n) is 5.41. The molecule has 1 aliphatic rings. The van der Waals surface area contributed by atoms with Crippen LogP contribution in [0.3, 0.4) is 0 Å². The normalized spacial score (nSPS) is 14.1. The number of nitrogens with zero attached hydrogens (tertiary/aromatic N) is 4. The van der Waals surface area contributed by atoms with Gasteiger partial charge in [0.2, 0.25) is 0 Å². The van der Waals surface area contributed by atoms with Crippen molar-refractivity contribution >= 4 is 16.8 Å². The number of amides is 1. The lowest BCUT2D eigenvalue weighted by Gasteiger charge is -2.32. The van der Waals surface area contributed by atoms with Crippen molar-refractivity contribution in [2.75, 3.05) is 20.1 Å². The van der Waals surface area contributed by atoms with Gasteiger partial charge in [-0.1, -0.05) is 60.7 Å². The molecule has 3 aromatic carbocycles. The van der Waals surface area contributed by atoms with Gasteiger partial charge < -0.3 is 9.64 Å². The van der Waals surface area contributed by atoms with E-state index in [1.165, 1.54) is 16.5 Å². The zero-order valence-electron chi connectivity index (χ0n) is 22.7. The van der Waals surface area contributed by atoms with Crippen LogP contribution in [0.1, 0.15) is 34.5 Å². The zero-order chi connectivity index (χ0) is 27.3. The average Bonchev–Trinajstić information content (AvgIpc) is 3.49. The first-order chi connectivity index (χ1) is 19.6. The number of fused-ring (bicyclic) bond motifs is 1. The molecule has 1 amide bonds. The summed E-state index contributed by atoms with van der Waals surface area (Å²) in [6.45, 7) is 2.97. The number of pyridine rings is 1. The lowest BCUT2D eigenvalue weighted by Crippen LogP contribution is -2.41. The molecule has 0 unspecified atom stereocenters. The maximum Gasteiger partial charge on any atom is 0.271 e. The lowest BCUT2D eigenvalue weighted by molar-refractivity contribution is 0.0590. The molecule has 40 heavy (non-hydrogen) atoms. The van der Waals surface area contributed by atoms with Gasteiger partial charge in [-0.2, -0.15) is 5.10 Å². The van der Waals surface area contributed by atoms with Crippen molar-refractivity contribution < 1.29 is 9.53 Å². The van der Waals surface area contributed by atoms with Gasteiger partial charge in [0.25, 0.3) is 5.91 Å². The van der Waals surface area contributed by atoms with E-state index in [0.717, 1.165) is 48.5 Å². The van der Waals surface area contributed by atoms with Crippen molar-refractivity contribution in [2.45, 2.75) is 32.0 Å². The number of piperidine rings is 1. The quantitative estimate of drug-likeness (QED) is 0.268. The fraction of sp³-hybridized carbons (Fsp3) is 0.242. The van der Waals surface area contributed by atoms with E-state index in [2.05, 4.69) is 69.6 Å². The Hall–Kier alpha value is -4.49. The van der Waals surface area contributed by atoms with Crippen LogP contribution in [-0.4, -0.2) is 57.1 Å². The largest absolute Gasteiger partial charge is 0.490 e. The second-order valence-corrected chi connectivity index (χ2v) is 10.4. The molecule has 0 bridgehead atoms. The molecule has 1 saturated heterocycles. The number of nitrogens with one attached hydrogen (secondary N) is 1. The van der Waals surface area contributed by atoms with Gasteiger partial charge in [-0.3, -0.25) is 19.8 Å². The topological polar surface area (TPSA) is 74.3 Å². The van der Waals surface area contributed by atoms with Gasteiger partial charge in [0.05, 0.1) is 11.2 Å². The maximum absolute atomic E-state index is 13.1. The number of likely N-dealkylation sites (tertiary alicyclic amines) is 1. The van der Waals surface area contributed by atoms with Crippen molar-refractivity contribution in [2.24, 2.45) is 0 Å². The number of aromatic nitrogens is 3. The molecular formula is C33H33N5O2. The third-order valence-corrected chi connectivity index (χ3v) is 7.44. The molecule has 1 N–H and O–H groups in total. The molecule has 3 heterocycles. The van der Waals surface area contributed by atoms with E-state index in [0.29, 0.717) is 18.8 Å². The number of rotatable bonds is 8. The Balaban J connectivity index is 1.02. The highest BCUT2D eigenvalue weighted by Crippen LogP contribution is 2.24. The predicted octanol–water partition coefficient (Wildman–Crippen LogP) is 5.94. The Labute approximate surface area is 234 Å². The molecule has 5 aromatic rings. The summed E-state index contributed by atoms with van der Waals surface area (Å²) in [4.78, 5) is 21.7. The highest BCUT2D eigenvalue weighted by atomic mass is 16.5. The van der Waals surface area contributed by atoms with Crippen LogP contribution in [0.5, 0.6) is 5.75 Å². The molecule has 7 nitrogen and oxygen atoms in total. The van der Waals surface area contributed by atoms with E-state index in [1.807, 2.05) is 59.6 Å². The average molecular weight is 532 g/mol. The van der Waals surface area contributed by atoms with Crippen LogP contribution in [0, 0.1) is 0 Å². The molecule has 6 rings (SSSR count). The van der Waals surface area contributed by atoms with Crippen LogP contribution in [0.4, 0.5) is 0 Å². The van der Waals surface area contributed by atoms with E-state index >= 15 is 0 Å². The molecule has 202 valence electrons. The van der Waals surface area contributed by atoms with Crippen LogP contribution in [0.25, 0.3) is 22.2 Å². The minimum absolute atomic E-state index is 0.0138. The van der Waals surface area contributed by atoms with E-state index in [4.69, 9.17) is 4.74 Å². The van der Waals surface area contributed by atoms with Gasteiger partial charge >= 0.3 is 0 Å². The fourth-order valence-corrected chi connectivity index (χ4v) is 5.41. The molecule has 0 radical (unpaired) electrons. The molecule has 1 aliphatic heterocycles. The van der Waals surface area contributed by atoms with Crippen LogP contribution in [0.15, 0.2) is 97.2 Å². The summed E-state index contributed by atoms with van der Waals surface area (Å²) < 4.78 is 6.36. The third-order valence-electron chi connectivity index (χ3n) is 7.44. The predicted molar refractivity (Wildman–Crippen MR) is 157 cm³/mol. The smallest absolute Gasteiger partial charge is 0.271 e. The minimum Gasteiger partial charge on any atom is -0.490 e. The summed E-state index contributed by atoms with van der Waals surface area (Å²) in [6, 6.07) is 30.5. The number of carbonyl (C=O) groups is 1. The molecular weight excluding hydrogens is 498 g/mol. The Morgan fingerprint density at radius 3 is 2.62 bits per heavy atom. The van der Waals surface area contributed by atoms with Crippen molar-refractivity contribution in [1.82, 2.24) is 25.0 Å². The van der Waals surface area contributed by atoms with Crippen molar-refractivity contribution in [3.8, 4) is 17.0 Å². The van der Waals surface area contributed by atoms with Crippen LogP contribution in [0.2, 0.25) is 0 Å². The first-order valence-corrected chi connectivity index (χ1v) is 13.8. The highest BCUT2D eigenvalue weighted by molar-refractivity contribution is 5.93. The van der Waals surface area contributed by atoms with Gasteiger partial charge in [0, 0.05) is 56.2 Å². The lowest BCUT2D eigenvalue weighted by atomic mass is 10.1. The first-order valence-electron chi connectivity index (χ1n) is 13.8. The Bertz CT molecular complexity index is 1590. The number of hydrogen-bond acceptors (Lipinski definition) is 5. The number of benzene rings is 3. The molecule has 0 atom stereocenters. The summed E-state index contributed by atoms with van der Waals surface area (Å²) in [6.07, 6.45) is 3.51. The SMILES string of the molecule is CN(Cc1cccc(OC2CCN(C(=O)c3cc(-c4ccccc4)n[nH]3)CC2)c1)Cc1cccc2ncccc12. The van der Waals surface area contributed by atoms with E-state index in [-0.39, 0.29) is 12.0 Å². The molecule has 0 aliphatic carbocycles. The Kier molecular flexibility index (Phi) is 7.55. The Morgan fingerprint density at radius 2 is 1.77 bits per heavy atom. The highest BCUT2D eigenvalue weighted by Gasteiger charge is 2.26. The van der Waals surface area contributed by atoms with Crippen LogP contribution >= 0.6 is 0 Å². The maximum atomic E-state index is 13.1. The summed E-state index contributed by atoms with van der Waals surface area (Å²) in [5.41, 5.74) is 5.80. The standard InChI is InChI=1S/C33H33N5O2/c1-37(23-26-11-6-14-30-29(26)13-7-17-34-30)22-24-8-5-12-28(20-24)40-27-15-18-38(19-16-27)33(39)32-21-31(35-36-32)25-9-3-2-4-10-25/h2-14,17,20-21,27H,15-16,18-19,22-23H2,1H3,(H,35,36). The van der Waals surface area contributed by atoms with Gasteiger partial charge in [0.1, 0.15) is 17.5 Å². The minimum atomic E-state index is -0.0138. The number of H-pyrrole nitrogens is 1. The second kappa shape index (κ2) is 11.7. The zero-order valence-corrected chi connectivity index (χ0v) is 22.7. The number of ether oxygens (including phenoxy) is 1. The van der Waals surface area contributed by atoms with E-state index in [9.17, 15) is 4.79 Å². The second-order valence-electron chi connectivity index (χ2n) is 10.4. The number of hydrogen-bond donors (Lipinski definition) is 1. The molecule has 7 heteroatoms. The summed E-state index contributed by atoms with van der Waals surface area (Å²) in [5, 5.41) is 8.45. The Morgan fingerprint density at radius 1 is 0.950 bits per heavy atom. The van der Waals surface area contributed by atoms with Gasteiger partial charge in [-0.25, -0.2) is 0 Å². The van der Waals surface area contributed by atoms with Crippen molar-refractivity contribution in [3.63, 3.8) is 0 Å². The van der Waals surface area contributed by atoms with E-state index in [1.54, 1.807) is 0 Å². The molecule has 2 aromatic heterocycles. The van der Waals surface area contributed by atoms with Crippen LogP contribution in [-0.2, 0) is 13.1 Å². The number of carbonyl (C=O) groups excluding carboxylic acids is 1. The summed E-state index contributed by atoms with van der Waals surface area (Å²) in [5.74, 6) is 0.867. The molecule has 0 spiro atoms. The van der Waals surface area contributed by atoms with Gasteiger partial charge in [-0.05, 0) is 48.5 Å². The van der Waals surface area contributed by atoms with Crippen LogP contribution < -0.4 is 4.74 Å². The summed E-state index contributed by atoms with van der Waals surface area (Å²) >= 11 is 0. The van der Waals surface area contributed by atoms with E-state index < -0.39 is 0 Å². The van der Waals surface area contributed by atoms with Gasteiger partial charge in [-0.15, -0.1) is 0 Å². The third kappa shape index (κ3) is 5.90. The number of aromatic amines is 1. The molecule has 1 fully saturated rings. The molecule has 0 saturated carbocycles. The monoisotopic (exact) mass is 531 g/mol. The van der Waals surface area contributed by atoms with Gasteiger partial charge in [0.15, 0.2) is 0 Å². The summed E-state index contributed by atoms with van der Waals surface area (Å²) in [7, 11) is 2.14. The van der Waals surface area contributed by atoms with Crippen molar-refractivity contribution in [1.29, 1.82) is 0 Å². The van der Waals surface area contributed by atoms with Crippen molar-refractivity contribution in [3.05, 3.63) is 114 Å². The first kappa shape index (κ1) is 25.8.